The van der Waals surface area contributed by atoms with E-state index in [1.165, 1.54) is 0 Å². The summed E-state index contributed by atoms with van der Waals surface area (Å²) < 4.78 is 14.9. The fraction of sp³-hybridized carbons (Fsp3) is 0.600. The summed E-state index contributed by atoms with van der Waals surface area (Å²) in [6.45, 7) is 1.60. The monoisotopic (exact) mass is 310 g/mol. The molecule has 0 spiro atoms. The molecule has 0 saturated carbocycles. The number of hydrogen-bond donors (Lipinski definition) is 0. The van der Waals surface area contributed by atoms with Crippen molar-refractivity contribution >= 4 is 23.5 Å². The standard InChI is InChI=1S/C15H18O7/c1-15-5-4-11(22-15)10(16)6-8(13(18)20-2)9(7-12(15)17)14(19)21-3/h11H,4-7H2,1-3H3/b9-8-/t11-,15-/m1/s1. The topological polar surface area (TPSA) is 96.0 Å². The van der Waals surface area contributed by atoms with Crippen molar-refractivity contribution in [2.24, 2.45) is 0 Å². The summed E-state index contributed by atoms with van der Waals surface area (Å²) in [5, 5.41) is 0. The molecule has 0 aromatic carbocycles. The van der Waals surface area contributed by atoms with Crippen molar-refractivity contribution < 1.29 is 33.4 Å². The van der Waals surface area contributed by atoms with Crippen LogP contribution in [-0.4, -0.2) is 49.4 Å². The Morgan fingerprint density at radius 2 is 1.64 bits per heavy atom. The van der Waals surface area contributed by atoms with E-state index in [-0.39, 0.29) is 35.6 Å². The minimum absolute atomic E-state index is 0.132. The Morgan fingerprint density at radius 1 is 1.09 bits per heavy atom. The van der Waals surface area contributed by atoms with E-state index in [1.807, 2.05) is 0 Å². The minimum atomic E-state index is -1.12. The molecule has 2 aliphatic rings. The van der Waals surface area contributed by atoms with Crippen LogP contribution < -0.4 is 0 Å². The van der Waals surface area contributed by atoms with Gasteiger partial charge >= 0.3 is 11.9 Å². The molecule has 1 saturated heterocycles. The molecule has 2 aliphatic heterocycles. The van der Waals surface area contributed by atoms with E-state index < -0.39 is 23.6 Å². The van der Waals surface area contributed by atoms with Gasteiger partial charge in [0.25, 0.3) is 0 Å². The number of rotatable bonds is 2. The van der Waals surface area contributed by atoms with E-state index in [4.69, 9.17) is 4.74 Å². The summed E-state index contributed by atoms with van der Waals surface area (Å²) in [6, 6.07) is 0. The first-order valence-electron chi connectivity index (χ1n) is 6.95. The van der Waals surface area contributed by atoms with Crippen molar-refractivity contribution in [3.63, 3.8) is 0 Å². The van der Waals surface area contributed by atoms with Crippen molar-refractivity contribution in [3.8, 4) is 0 Å². The van der Waals surface area contributed by atoms with Gasteiger partial charge in [0.05, 0.1) is 25.4 Å². The largest absolute Gasteiger partial charge is 0.466 e. The summed E-state index contributed by atoms with van der Waals surface area (Å²) in [7, 11) is 2.29. The number of fused-ring (bicyclic) bond motifs is 2. The molecule has 0 aromatic rings. The molecule has 0 N–H and O–H groups in total. The smallest absolute Gasteiger partial charge is 0.334 e. The van der Waals surface area contributed by atoms with Crippen LogP contribution in [-0.2, 0) is 33.4 Å². The molecule has 22 heavy (non-hydrogen) atoms. The first kappa shape index (κ1) is 16.4. The van der Waals surface area contributed by atoms with Gasteiger partial charge in [-0.15, -0.1) is 0 Å². The average Bonchev–Trinajstić information content (AvgIpc) is 2.92. The maximum Gasteiger partial charge on any atom is 0.334 e. The van der Waals surface area contributed by atoms with Gasteiger partial charge in [0.1, 0.15) is 11.7 Å². The van der Waals surface area contributed by atoms with Crippen molar-refractivity contribution in [2.45, 2.75) is 44.3 Å². The summed E-state index contributed by atoms with van der Waals surface area (Å²) in [5.41, 5.74) is -1.39. The Labute approximate surface area is 127 Å². The van der Waals surface area contributed by atoms with E-state index in [1.54, 1.807) is 6.92 Å². The number of carbonyl (C=O) groups is 4. The van der Waals surface area contributed by atoms with Crippen LogP contribution in [0.15, 0.2) is 11.1 Å². The zero-order chi connectivity index (χ0) is 16.5. The maximum atomic E-state index is 12.5. The van der Waals surface area contributed by atoms with Gasteiger partial charge in [-0.05, 0) is 19.8 Å². The zero-order valence-corrected chi connectivity index (χ0v) is 12.8. The van der Waals surface area contributed by atoms with E-state index in [0.717, 1.165) is 14.2 Å². The highest BCUT2D eigenvalue weighted by Gasteiger charge is 2.47. The van der Waals surface area contributed by atoms with E-state index in [2.05, 4.69) is 9.47 Å². The van der Waals surface area contributed by atoms with Crippen LogP contribution >= 0.6 is 0 Å². The number of hydrogen-bond acceptors (Lipinski definition) is 7. The molecule has 7 heteroatoms. The number of esters is 2. The third kappa shape index (κ3) is 2.81. The quantitative estimate of drug-likeness (QED) is 0.685. The van der Waals surface area contributed by atoms with Crippen molar-refractivity contribution in [3.05, 3.63) is 11.1 Å². The van der Waals surface area contributed by atoms with Gasteiger partial charge in [0.15, 0.2) is 11.6 Å². The molecule has 7 nitrogen and oxygen atoms in total. The van der Waals surface area contributed by atoms with Gasteiger partial charge in [0, 0.05) is 12.8 Å². The molecular weight excluding hydrogens is 292 g/mol. The van der Waals surface area contributed by atoms with Crippen LogP contribution in [0, 0.1) is 0 Å². The van der Waals surface area contributed by atoms with Crippen LogP contribution in [0.5, 0.6) is 0 Å². The van der Waals surface area contributed by atoms with Gasteiger partial charge in [-0.2, -0.15) is 0 Å². The molecule has 0 aliphatic carbocycles. The molecule has 120 valence electrons. The summed E-state index contributed by atoms with van der Waals surface area (Å²) in [5.74, 6) is -2.33. The lowest BCUT2D eigenvalue weighted by Crippen LogP contribution is -2.36. The summed E-state index contributed by atoms with van der Waals surface area (Å²) in [6.07, 6.45) is -0.558. The molecule has 1 fully saturated rings. The maximum absolute atomic E-state index is 12.5. The highest BCUT2D eigenvalue weighted by Crippen LogP contribution is 2.36. The Balaban J connectivity index is 2.53. The van der Waals surface area contributed by atoms with Gasteiger partial charge in [0.2, 0.25) is 0 Å². The normalized spacial score (nSPS) is 32.0. The molecule has 2 bridgehead atoms. The zero-order valence-electron chi connectivity index (χ0n) is 12.8. The van der Waals surface area contributed by atoms with Gasteiger partial charge < -0.3 is 14.2 Å². The van der Waals surface area contributed by atoms with Crippen LogP contribution in [0.4, 0.5) is 0 Å². The second kappa shape index (κ2) is 6.00. The second-order valence-electron chi connectivity index (χ2n) is 5.56. The lowest BCUT2D eigenvalue weighted by atomic mass is 9.88. The number of carbonyl (C=O) groups excluding carboxylic acids is 4. The van der Waals surface area contributed by atoms with Crippen LogP contribution in [0.25, 0.3) is 0 Å². The fourth-order valence-electron chi connectivity index (χ4n) is 2.76. The highest BCUT2D eigenvalue weighted by molar-refractivity contribution is 6.08. The van der Waals surface area contributed by atoms with Crippen molar-refractivity contribution in [2.75, 3.05) is 14.2 Å². The molecule has 0 amide bonds. The molecule has 2 rings (SSSR count). The second-order valence-corrected chi connectivity index (χ2v) is 5.56. The molecular formula is C15H18O7. The highest BCUT2D eigenvalue weighted by atomic mass is 16.5. The fourth-order valence-corrected chi connectivity index (χ4v) is 2.76. The van der Waals surface area contributed by atoms with E-state index >= 15 is 0 Å². The van der Waals surface area contributed by atoms with Crippen LogP contribution in [0.2, 0.25) is 0 Å². The van der Waals surface area contributed by atoms with Gasteiger partial charge in [-0.25, -0.2) is 9.59 Å². The van der Waals surface area contributed by atoms with Crippen LogP contribution in [0.1, 0.15) is 32.6 Å². The van der Waals surface area contributed by atoms with E-state index in [0.29, 0.717) is 12.8 Å². The summed E-state index contributed by atoms with van der Waals surface area (Å²) >= 11 is 0. The SMILES string of the molecule is COC(=O)/C1=C(\C(=O)OC)CC(=O)[C@@]2(C)CC[C@@H](O2)C(=O)C1. The summed E-state index contributed by atoms with van der Waals surface area (Å²) in [4.78, 5) is 48.6. The Hall–Kier alpha value is -2.02. The van der Waals surface area contributed by atoms with E-state index in [9.17, 15) is 19.2 Å². The van der Waals surface area contributed by atoms with Gasteiger partial charge in [-0.3, -0.25) is 9.59 Å². The predicted octanol–water partition coefficient (Wildman–Crippen LogP) is 0.499. The number of ketones is 2. The van der Waals surface area contributed by atoms with Crippen molar-refractivity contribution in [1.29, 1.82) is 0 Å². The Kier molecular flexibility index (Phi) is 4.46. The molecule has 0 unspecified atom stereocenters. The van der Waals surface area contributed by atoms with Crippen molar-refractivity contribution in [1.82, 2.24) is 0 Å². The minimum Gasteiger partial charge on any atom is -0.466 e. The third-order valence-electron chi connectivity index (χ3n) is 4.15. The lowest BCUT2D eigenvalue weighted by Gasteiger charge is -2.22. The number of Topliss-reactive ketones (excluding diaryl/α,β-unsaturated/α-hetero) is 2. The Bertz CT molecular complexity index is 574. The predicted molar refractivity (Wildman–Crippen MR) is 72.8 cm³/mol. The number of methoxy groups -OCH3 is 2. The third-order valence-corrected chi connectivity index (χ3v) is 4.15. The molecule has 0 radical (unpaired) electrons. The first-order valence-corrected chi connectivity index (χ1v) is 6.95. The average molecular weight is 310 g/mol. The Morgan fingerprint density at radius 3 is 2.18 bits per heavy atom. The van der Waals surface area contributed by atoms with Crippen LogP contribution in [0.3, 0.4) is 0 Å². The number of ether oxygens (including phenoxy) is 3. The van der Waals surface area contributed by atoms with Gasteiger partial charge in [-0.1, -0.05) is 0 Å². The molecule has 2 heterocycles. The lowest BCUT2D eigenvalue weighted by molar-refractivity contribution is -0.147. The molecule has 0 aromatic heterocycles. The first-order chi connectivity index (χ1) is 10.3. The molecule has 2 atom stereocenters.